The van der Waals surface area contributed by atoms with E-state index in [1.54, 1.807) is 0 Å². The van der Waals surface area contributed by atoms with E-state index in [0.717, 1.165) is 6.42 Å². The molecule has 0 aromatic heterocycles. The van der Waals surface area contributed by atoms with Crippen molar-refractivity contribution in [2.75, 3.05) is 0 Å². The van der Waals surface area contributed by atoms with Crippen molar-refractivity contribution in [1.29, 1.82) is 0 Å². The van der Waals surface area contributed by atoms with Crippen LogP contribution < -0.4 is 0 Å². The fourth-order valence-corrected chi connectivity index (χ4v) is 5.41. The summed E-state index contributed by atoms with van der Waals surface area (Å²) in [5.74, 6) is -6.16. The second-order valence-electron chi connectivity index (χ2n) is 7.34. The Hall–Kier alpha value is -0.970. The fourth-order valence-electron chi connectivity index (χ4n) is 4.88. The lowest BCUT2D eigenvalue weighted by atomic mass is 9.55. The van der Waals surface area contributed by atoms with Gasteiger partial charge < -0.3 is 4.74 Å². The highest BCUT2D eigenvalue weighted by atomic mass is 32.2. The highest BCUT2D eigenvalue weighted by Crippen LogP contribution is 2.55. The van der Waals surface area contributed by atoms with Gasteiger partial charge in [-0.15, -0.1) is 0 Å². The van der Waals surface area contributed by atoms with Gasteiger partial charge in [-0.1, -0.05) is 0 Å². The first-order chi connectivity index (χ1) is 11.3. The van der Waals surface area contributed by atoms with Gasteiger partial charge >= 0.3 is 27.5 Å². The summed E-state index contributed by atoms with van der Waals surface area (Å²) in [5.41, 5.74) is 0. The molecule has 144 valence electrons. The Morgan fingerprint density at radius 1 is 0.960 bits per heavy atom. The van der Waals surface area contributed by atoms with Gasteiger partial charge in [-0.05, 0) is 55.8 Å². The summed E-state index contributed by atoms with van der Waals surface area (Å²) in [6.45, 7) is 0. The number of ether oxygens (including phenoxy) is 1. The molecule has 4 saturated carbocycles. The second-order valence-corrected chi connectivity index (χ2v) is 8.84. The van der Waals surface area contributed by atoms with Gasteiger partial charge in [0, 0.05) is 0 Å². The molecule has 0 radical (unpaired) electrons. The normalized spacial score (nSPS) is 36.3. The van der Waals surface area contributed by atoms with Crippen molar-refractivity contribution in [2.24, 2.45) is 29.6 Å². The van der Waals surface area contributed by atoms with E-state index in [1.165, 1.54) is 0 Å². The lowest BCUT2D eigenvalue weighted by Gasteiger charge is -2.53. The van der Waals surface area contributed by atoms with Crippen LogP contribution in [-0.2, 0) is 19.6 Å². The lowest BCUT2D eigenvalue weighted by Crippen LogP contribution is -2.54. The van der Waals surface area contributed by atoms with Crippen molar-refractivity contribution in [3.8, 4) is 0 Å². The number of hydrogen-bond acceptors (Lipinski definition) is 4. The zero-order chi connectivity index (χ0) is 18.8. The highest BCUT2D eigenvalue weighted by molar-refractivity contribution is 7.86. The van der Waals surface area contributed by atoms with E-state index in [9.17, 15) is 35.2 Å². The molecular formula is C14H17F5O5S. The Morgan fingerprint density at radius 3 is 1.76 bits per heavy atom. The van der Waals surface area contributed by atoms with Gasteiger partial charge in [-0.25, -0.2) is 0 Å². The van der Waals surface area contributed by atoms with E-state index in [-0.39, 0.29) is 11.8 Å². The minimum absolute atomic E-state index is 0.187. The van der Waals surface area contributed by atoms with Gasteiger partial charge in [-0.3, -0.25) is 9.35 Å². The van der Waals surface area contributed by atoms with Gasteiger partial charge in [0.25, 0.3) is 0 Å². The molecular weight excluding hydrogens is 375 g/mol. The minimum atomic E-state index is -6.45. The van der Waals surface area contributed by atoms with Crippen LogP contribution in [0.2, 0.25) is 0 Å². The molecule has 0 saturated heterocycles. The maximum Gasteiger partial charge on any atom is 0.409 e. The monoisotopic (exact) mass is 392 g/mol. The number of rotatable bonds is 4. The summed E-state index contributed by atoms with van der Waals surface area (Å²) in [5, 5.41) is -5.71. The molecule has 5 nitrogen and oxygen atoms in total. The number of alkyl halides is 5. The molecule has 0 spiro atoms. The third kappa shape index (κ3) is 3.24. The van der Waals surface area contributed by atoms with E-state index >= 15 is 0 Å². The van der Waals surface area contributed by atoms with Crippen molar-refractivity contribution < 1.29 is 44.5 Å². The summed E-state index contributed by atoms with van der Waals surface area (Å²) < 4.78 is 101. The van der Waals surface area contributed by atoms with Crippen LogP contribution in [0, 0.1) is 29.6 Å². The van der Waals surface area contributed by atoms with Crippen LogP contribution in [0.1, 0.15) is 32.1 Å². The molecule has 0 aromatic rings. The number of hydrogen-bond donors (Lipinski definition) is 1. The van der Waals surface area contributed by atoms with Crippen LogP contribution in [0.15, 0.2) is 0 Å². The summed E-state index contributed by atoms with van der Waals surface area (Å²) in [6, 6.07) is 0. The predicted octanol–water partition coefficient (Wildman–Crippen LogP) is 3.01. The Morgan fingerprint density at radius 2 is 1.40 bits per heavy atom. The van der Waals surface area contributed by atoms with Crippen molar-refractivity contribution in [3.63, 3.8) is 0 Å². The van der Waals surface area contributed by atoms with Gasteiger partial charge in [0.1, 0.15) is 6.10 Å². The average molecular weight is 392 g/mol. The standard InChI is InChI=1S/C14H17F5O5S/c15-13(16,17)11(14(18,19)25(21,22)23)12(20)24-10-8-2-6-1-7(4-8)5-9(10)3-6/h6-11H,1-5H2,(H,21,22,23). The molecule has 0 heterocycles. The summed E-state index contributed by atoms with van der Waals surface area (Å²) in [4.78, 5) is 11.9. The fraction of sp³-hybridized carbons (Fsp3) is 0.929. The zero-order valence-corrected chi connectivity index (χ0v) is 13.7. The SMILES string of the molecule is O=C(OC1C2CC3CC(C2)CC1C3)C(C(F)(F)F)C(F)(F)S(=O)(=O)O. The first-order valence-electron chi connectivity index (χ1n) is 7.92. The summed E-state index contributed by atoms with van der Waals surface area (Å²) in [6.07, 6.45) is -3.12. The van der Waals surface area contributed by atoms with Crippen LogP contribution in [0.3, 0.4) is 0 Å². The van der Waals surface area contributed by atoms with Crippen LogP contribution in [0.25, 0.3) is 0 Å². The van der Waals surface area contributed by atoms with E-state index < -0.39 is 39.5 Å². The maximum atomic E-state index is 13.6. The number of halogens is 5. The molecule has 1 atom stereocenters. The Balaban J connectivity index is 1.82. The van der Waals surface area contributed by atoms with Crippen LogP contribution in [-0.4, -0.2) is 36.5 Å². The van der Waals surface area contributed by atoms with Gasteiger partial charge in [-0.2, -0.15) is 30.4 Å². The largest absolute Gasteiger partial charge is 0.461 e. The van der Waals surface area contributed by atoms with Crippen LogP contribution in [0.5, 0.6) is 0 Å². The van der Waals surface area contributed by atoms with Crippen molar-refractivity contribution >= 4 is 16.1 Å². The molecule has 0 amide bonds. The molecule has 4 fully saturated rings. The first kappa shape index (κ1) is 18.8. The molecule has 0 aromatic carbocycles. The second kappa shape index (κ2) is 5.77. The Kier molecular flexibility index (Phi) is 4.34. The molecule has 25 heavy (non-hydrogen) atoms. The smallest absolute Gasteiger partial charge is 0.409 e. The lowest BCUT2D eigenvalue weighted by molar-refractivity contribution is -0.237. The number of carbonyl (C=O) groups is 1. The van der Waals surface area contributed by atoms with E-state index in [4.69, 9.17) is 9.29 Å². The van der Waals surface area contributed by atoms with E-state index in [1.807, 2.05) is 0 Å². The van der Waals surface area contributed by atoms with Crippen molar-refractivity contribution in [1.82, 2.24) is 0 Å². The predicted molar refractivity (Wildman–Crippen MR) is 73.0 cm³/mol. The van der Waals surface area contributed by atoms with Crippen LogP contribution in [0.4, 0.5) is 22.0 Å². The van der Waals surface area contributed by atoms with E-state index in [2.05, 4.69) is 0 Å². The highest BCUT2D eigenvalue weighted by Gasteiger charge is 2.68. The zero-order valence-electron chi connectivity index (χ0n) is 12.9. The van der Waals surface area contributed by atoms with E-state index in [0.29, 0.717) is 37.5 Å². The quantitative estimate of drug-likeness (QED) is 0.452. The molecule has 4 rings (SSSR count). The molecule has 4 aliphatic carbocycles. The van der Waals surface area contributed by atoms with Gasteiger partial charge in [0.05, 0.1) is 0 Å². The minimum Gasteiger partial charge on any atom is -0.461 e. The Bertz CT molecular complexity index is 631. The van der Waals surface area contributed by atoms with Crippen LogP contribution >= 0.6 is 0 Å². The molecule has 1 unspecified atom stereocenters. The summed E-state index contributed by atoms with van der Waals surface area (Å²) >= 11 is 0. The number of esters is 1. The average Bonchev–Trinajstić information content (AvgIpc) is 2.38. The first-order valence-corrected chi connectivity index (χ1v) is 9.36. The topological polar surface area (TPSA) is 80.7 Å². The number of carbonyl (C=O) groups excluding carboxylic acids is 1. The van der Waals surface area contributed by atoms with Crippen molar-refractivity contribution in [2.45, 2.75) is 49.6 Å². The summed E-state index contributed by atoms with van der Waals surface area (Å²) in [7, 11) is -6.45. The van der Waals surface area contributed by atoms with Gasteiger partial charge in [0.15, 0.2) is 0 Å². The molecule has 11 heteroatoms. The third-order valence-electron chi connectivity index (χ3n) is 5.64. The van der Waals surface area contributed by atoms with Crippen molar-refractivity contribution in [3.05, 3.63) is 0 Å². The third-order valence-corrected chi connectivity index (χ3v) is 6.56. The van der Waals surface area contributed by atoms with Gasteiger partial charge in [0.2, 0.25) is 5.92 Å². The maximum absolute atomic E-state index is 13.6. The molecule has 0 aliphatic heterocycles. The molecule has 1 N–H and O–H groups in total. The Labute approximate surface area is 140 Å². The molecule has 4 bridgehead atoms. The molecule has 4 aliphatic rings.